The van der Waals surface area contributed by atoms with Crippen molar-refractivity contribution in [2.75, 3.05) is 39.3 Å². The van der Waals surface area contributed by atoms with Crippen molar-refractivity contribution in [3.05, 3.63) is 11.9 Å². The van der Waals surface area contributed by atoms with Crippen molar-refractivity contribution >= 4 is 11.8 Å². The van der Waals surface area contributed by atoms with E-state index in [1.165, 1.54) is 6.08 Å². The van der Waals surface area contributed by atoms with E-state index in [1.54, 1.807) is 0 Å². The van der Waals surface area contributed by atoms with E-state index < -0.39 is 29.8 Å². The van der Waals surface area contributed by atoms with Crippen molar-refractivity contribution in [2.45, 2.75) is 19.3 Å². The summed E-state index contributed by atoms with van der Waals surface area (Å²) in [6, 6.07) is 0. The number of likely N-dealkylation sites (tertiary alicyclic amines) is 1. The Hall–Kier alpha value is -1.35. The van der Waals surface area contributed by atoms with Gasteiger partial charge in [0.15, 0.2) is 5.78 Å². The molecule has 8 heteroatoms. The molecule has 3 heterocycles. The number of piperidine rings is 1. The van der Waals surface area contributed by atoms with Crippen LogP contribution in [0.5, 0.6) is 0 Å². The molecule has 0 aromatic heterocycles. The fraction of sp³-hybridized carbons (Fsp3) is 0.733. The zero-order chi connectivity index (χ0) is 16.6. The third kappa shape index (κ3) is 3.03. The first kappa shape index (κ1) is 16.5. The Morgan fingerprint density at radius 1 is 1.43 bits per heavy atom. The molecule has 0 spiro atoms. The smallest absolute Gasteiger partial charge is 0.315 e. The lowest BCUT2D eigenvalue weighted by molar-refractivity contribution is -0.153. The third-order valence-electron chi connectivity index (χ3n) is 4.97. The first-order valence-corrected chi connectivity index (χ1v) is 8.11. The van der Waals surface area contributed by atoms with Crippen LogP contribution in [-0.2, 0) is 9.59 Å². The molecule has 0 saturated carbocycles. The standard InChI is InChI=1S/C15H23FN4O3/c1-2-19-8-10(15(22)23)12(21)9-7-11(16)14(18-13(9)19)20-5-3-17-4-6-20/h7,9-10,13-14,17-18H,2-6,8H2,1H3,(H,22,23). The SMILES string of the molecule is CCN1CC(C(=O)O)C(=O)C2C=C(F)C(N3CCNCC3)NC21. The Bertz CT molecular complexity index is 521. The second-order valence-electron chi connectivity index (χ2n) is 6.26. The number of piperazine rings is 1. The van der Waals surface area contributed by atoms with Gasteiger partial charge < -0.3 is 10.4 Å². The van der Waals surface area contributed by atoms with Crippen molar-refractivity contribution in [1.29, 1.82) is 0 Å². The van der Waals surface area contributed by atoms with E-state index in [-0.39, 0.29) is 18.5 Å². The van der Waals surface area contributed by atoms with Crippen LogP contribution in [0.15, 0.2) is 11.9 Å². The van der Waals surface area contributed by atoms with Gasteiger partial charge >= 0.3 is 5.97 Å². The van der Waals surface area contributed by atoms with Crippen LogP contribution >= 0.6 is 0 Å². The fourth-order valence-corrected chi connectivity index (χ4v) is 3.69. The van der Waals surface area contributed by atoms with Gasteiger partial charge in [0.25, 0.3) is 0 Å². The third-order valence-corrected chi connectivity index (χ3v) is 4.97. The summed E-state index contributed by atoms with van der Waals surface area (Å²) in [5, 5.41) is 15.7. The summed E-state index contributed by atoms with van der Waals surface area (Å²) in [6.45, 7) is 5.76. The van der Waals surface area contributed by atoms with E-state index in [1.807, 2.05) is 16.7 Å². The molecule has 0 bridgehead atoms. The molecule has 23 heavy (non-hydrogen) atoms. The monoisotopic (exact) mass is 326 g/mol. The molecule has 0 aromatic carbocycles. The van der Waals surface area contributed by atoms with E-state index in [4.69, 9.17) is 0 Å². The van der Waals surface area contributed by atoms with Gasteiger partial charge in [-0.25, -0.2) is 4.39 Å². The van der Waals surface area contributed by atoms with Gasteiger partial charge in [-0.05, 0) is 12.6 Å². The summed E-state index contributed by atoms with van der Waals surface area (Å²) in [6.07, 6.45) is 0.442. The van der Waals surface area contributed by atoms with Crippen molar-refractivity contribution in [3.8, 4) is 0 Å². The number of carbonyl (C=O) groups is 2. The molecule has 7 nitrogen and oxygen atoms in total. The van der Waals surface area contributed by atoms with Crippen molar-refractivity contribution in [1.82, 2.24) is 20.4 Å². The van der Waals surface area contributed by atoms with Crippen molar-refractivity contribution in [2.24, 2.45) is 11.8 Å². The number of nitrogens with zero attached hydrogens (tertiary/aromatic N) is 2. The number of Topliss-reactive ketones (excluding diaryl/α,β-unsaturated/α-hetero) is 1. The molecule has 2 fully saturated rings. The Morgan fingerprint density at radius 2 is 2.13 bits per heavy atom. The van der Waals surface area contributed by atoms with E-state index in [0.29, 0.717) is 6.54 Å². The number of aliphatic carboxylic acids is 1. The van der Waals surface area contributed by atoms with E-state index in [2.05, 4.69) is 10.6 Å². The zero-order valence-electron chi connectivity index (χ0n) is 13.2. The molecule has 0 radical (unpaired) electrons. The molecule has 3 aliphatic heterocycles. The molecular formula is C15H23FN4O3. The first-order chi connectivity index (χ1) is 11.0. The number of ketones is 1. The largest absolute Gasteiger partial charge is 0.481 e. The van der Waals surface area contributed by atoms with Crippen molar-refractivity contribution < 1.29 is 19.1 Å². The number of halogens is 1. The lowest BCUT2D eigenvalue weighted by Crippen LogP contribution is -2.67. The first-order valence-electron chi connectivity index (χ1n) is 8.11. The summed E-state index contributed by atoms with van der Waals surface area (Å²) < 4.78 is 14.6. The maximum absolute atomic E-state index is 14.6. The van der Waals surface area contributed by atoms with Gasteiger partial charge in [0.05, 0.1) is 12.1 Å². The van der Waals surface area contributed by atoms with Crippen molar-refractivity contribution in [3.63, 3.8) is 0 Å². The quantitative estimate of drug-likeness (QED) is 0.587. The van der Waals surface area contributed by atoms with Crippen LogP contribution < -0.4 is 10.6 Å². The molecular weight excluding hydrogens is 303 g/mol. The Balaban J connectivity index is 1.85. The predicted molar refractivity (Wildman–Crippen MR) is 81.2 cm³/mol. The molecule has 0 aromatic rings. The topological polar surface area (TPSA) is 84.9 Å². The molecule has 128 valence electrons. The second-order valence-corrected chi connectivity index (χ2v) is 6.26. The van der Waals surface area contributed by atoms with E-state index in [0.717, 1.165) is 26.2 Å². The normalized spacial score (nSPS) is 36.4. The number of hydrogen-bond donors (Lipinski definition) is 3. The number of fused-ring (bicyclic) bond motifs is 1. The Labute approximate surface area is 134 Å². The van der Waals surface area contributed by atoms with Gasteiger partial charge in [0.1, 0.15) is 17.9 Å². The number of nitrogens with one attached hydrogen (secondary N) is 2. The van der Waals surface area contributed by atoms with Crippen LogP contribution in [0.4, 0.5) is 4.39 Å². The average molecular weight is 326 g/mol. The lowest BCUT2D eigenvalue weighted by atomic mass is 9.82. The number of rotatable bonds is 3. The van der Waals surface area contributed by atoms with Crippen LogP contribution in [0, 0.1) is 11.8 Å². The minimum Gasteiger partial charge on any atom is -0.481 e. The molecule has 0 amide bonds. The highest BCUT2D eigenvalue weighted by atomic mass is 19.1. The second kappa shape index (κ2) is 6.64. The Morgan fingerprint density at radius 3 is 2.74 bits per heavy atom. The van der Waals surface area contributed by atoms with Crippen LogP contribution in [-0.4, -0.2) is 78.3 Å². The number of hydrogen-bond acceptors (Lipinski definition) is 6. The lowest BCUT2D eigenvalue weighted by Gasteiger charge is -2.47. The van der Waals surface area contributed by atoms with Gasteiger partial charge in [-0.1, -0.05) is 6.92 Å². The van der Waals surface area contributed by atoms with Gasteiger partial charge in [-0.3, -0.25) is 24.7 Å². The van der Waals surface area contributed by atoms with Crippen LogP contribution in [0.2, 0.25) is 0 Å². The highest BCUT2D eigenvalue weighted by molar-refractivity contribution is 6.01. The summed E-state index contributed by atoms with van der Waals surface area (Å²) >= 11 is 0. The van der Waals surface area contributed by atoms with Gasteiger partial charge in [0, 0.05) is 32.7 Å². The average Bonchev–Trinajstić information content (AvgIpc) is 2.55. The Kier molecular flexibility index (Phi) is 4.77. The van der Waals surface area contributed by atoms with Gasteiger partial charge in [-0.15, -0.1) is 0 Å². The van der Waals surface area contributed by atoms with Crippen LogP contribution in [0.25, 0.3) is 0 Å². The highest BCUT2D eigenvalue weighted by Gasteiger charge is 2.48. The predicted octanol–water partition coefficient (Wildman–Crippen LogP) is -0.778. The summed E-state index contributed by atoms with van der Waals surface area (Å²) in [7, 11) is 0. The van der Waals surface area contributed by atoms with E-state index >= 15 is 0 Å². The minimum atomic E-state index is -1.13. The van der Waals surface area contributed by atoms with Gasteiger partial charge in [-0.2, -0.15) is 0 Å². The minimum absolute atomic E-state index is 0.169. The summed E-state index contributed by atoms with van der Waals surface area (Å²) in [4.78, 5) is 27.6. The summed E-state index contributed by atoms with van der Waals surface area (Å²) in [5.41, 5.74) is 0. The maximum atomic E-state index is 14.6. The molecule has 4 unspecified atom stereocenters. The fourth-order valence-electron chi connectivity index (χ4n) is 3.69. The summed E-state index contributed by atoms with van der Waals surface area (Å²) in [5.74, 6) is -3.76. The van der Waals surface area contributed by atoms with Crippen LogP contribution in [0.1, 0.15) is 6.92 Å². The molecule has 0 aliphatic carbocycles. The highest BCUT2D eigenvalue weighted by Crippen LogP contribution is 2.31. The zero-order valence-corrected chi connectivity index (χ0v) is 13.2. The number of carboxylic acid groups (broad SMARTS) is 1. The number of carbonyl (C=O) groups excluding carboxylic acids is 1. The molecule has 2 saturated heterocycles. The van der Waals surface area contributed by atoms with Gasteiger partial charge in [0.2, 0.25) is 0 Å². The molecule has 4 atom stereocenters. The number of carboxylic acids is 1. The maximum Gasteiger partial charge on any atom is 0.315 e. The van der Waals surface area contributed by atoms with Crippen LogP contribution in [0.3, 0.4) is 0 Å². The molecule has 3 aliphatic rings. The molecule has 3 N–H and O–H groups in total. The molecule has 3 rings (SSSR count). The van der Waals surface area contributed by atoms with E-state index in [9.17, 15) is 19.1 Å².